The second-order valence-corrected chi connectivity index (χ2v) is 5.73. The van der Waals surface area contributed by atoms with Gasteiger partial charge in [-0.05, 0) is 23.8 Å². The number of aromatic amines is 1. The first kappa shape index (κ1) is 17.2. The highest BCUT2D eigenvalue weighted by atomic mass is 16.6. The van der Waals surface area contributed by atoms with Gasteiger partial charge in [-0.1, -0.05) is 18.2 Å². The molecule has 1 heterocycles. The highest BCUT2D eigenvalue weighted by molar-refractivity contribution is 5.97. The summed E-state index contributed by atoms with van der Waals surface area (Å²) in [4.78, 5) is 37.0. The topological polar surface area (TPSA) is 125 Å². The minimum Gasteiger partial charge on any atom is -0.480 e. The van der Waals surface area contributed by atoms with E-state index in [1.807, 2.05) is 24.3 Å². The molecule has 0 aliphatic heterocycles. The molecule has 0 saturated heterocycles. The number of amides is 1. The number of benzene rings is 2. The third-order valence-electron chi connectivity index (χ3n) is 4.04. The van der Waals surface area contributed by atoms with E-state index >= 15 is 0 Å². The number of aromatic nitrogens is 1. The van der Waals surface area contributed by atoms with E-state index in [0.717, 1.165) is 16.5 Å². The van der Waals surface area contributed by atoms with Gasteiger partial charge in [-0.25, -0.2) is 4.79 Å². The van der Waals surface area contributed by atoms with Crippen molar-refractivity contribution in [2.75, 3.05) is 0 Å². The molecule has 0 aliphatic rings. The fourth-order valence-electron chi connectivity index (χ4n) is 2.70. The number of nitrogens with zero attached hydrogens (tertiary/aromatic N) is 1. The van der Waals surface area contributed by atoms with Crippen LogP contribution in [0.4, 0.5) is 5.69 Å². The molecule has 0 bridgehead atoms. The smallest absolute Gasteiger partial charge is 0.326 e. The summed E-state index contributed by atoms with van der Waals surface area (Å²) in [6.45, 7) is 0. The molecule has 0 radical (unpaired) electrons. The van der Waals surface area contributed by atoms with Crippen LogP contribution in [0.25, 0.3) is 10.9 Å². The molecule has 3 aromatic rings. The van der Waals surface area contributed by atoms with Gasteiger partial charge in [-0.15, -0.1) is 0 Å². The van der Waals surface area contributed by atoms with Crippen LogP contribution in [0.15, 0.2) is 54.7 Å². The van der Waals surface area contributed by atoms with E-state index in [-0.39, 0.29) is 17.7 Å². The Morgan fingerprint density at radius 1 is 1.15 bits per heavy atom. The maximum absolute atomic E-state index is 12.3. The van der Waals surface area contributed by atoms with Crippen molar-refractivity contribution < 1.29 is 19.6 Å². The molecule has 8 nitrogen and oxygen atoms in total. The number of non-ortho nitro benzene ring substituents is 1. The van der Waals surface area contributed by atoms with Gasteiger partial charge in [0.05, 0.1) is 4.92 Å². The molecule has 0 spiro atoms. The van der Waals surface area contributed by atoms with Gasteiger partial charge in [-0.2, -0.15) is 0 Å². The van der Waals surface area contributed by atoms with Gasteiger partial charge in [0.25, 0.3) is 11.6 Å². The number of rotatable bonds is 6. The van der Waals surface area contributed by atoms with E-state index in [9.17, 15) is 24.8 Å². The van der Waals surface area contributed by atoms with Crippen molar-refractivity contribution in [1.29, 1.82) is 0 Å². The SMILES string of the molecule is O=C(N[C@H](Cc1c[nH]c2ccccc12)C(=O)O)c1ccc([N+](=O)[O-])cc1. The van der Waals surface area contributed by atoms with Gasteiger partial charge in [0, 0.05) is 41.2 Å². The zero-order valence-corrected chi connectivity index (χ0v) is 13.5. The lowest BCUT2D eigenvalue weighted by Gasteiger charge is -2.14. The Morgan fingerprint density at radius 2 is 1.85 bits per heavy atom. The number of aliphatic carboxylic acids is 1. The molecule has 3 N–H and O–H groups in total. The fourth-order valence-corrected chi connectivity index (χ4v) is 2.70. The van der Waals surface area contributed by atoms with E-state index in [2.05, 4.69) is 10.3 Å². The van der Waals surface area contributed by atoms with Crippen LogP contribution in [0.1, 0.15) is 15.9 Å². The molecule has 8 heteroatoms. The summed E-state index contributed by atoms with van der Waals surface area (Å²) in [5, 5.41) is 23.5. The van der Waals surface area contributed by atoms with E-state index in [1.54, 1.807) is 6.20 Å². The number of carbonyl (C=O) groups is 2. The van der Waals surface area contributed by atoms with Crippen LogP contribution in [-0.4, -0.2) is 32.9 Å². The summed E-state index contributed by atoms with van der Waals surface area (Å²) < 4.78 is 0. The van der Waals surface area contributed by atoms with Gasteiger partial charge in [0.15, 0.2) is 0 Å². The quantitative estimate of drug-likeness (QED) is 0.464. The first-order chi connectivity index (χ1) is 12.5. The summed E-state index contributed by atoms with van der Waals surface area (Å²) in [6.07, 6.45) is 1.83. The normalized spacial score (nSPS) is 11.8. The van der Waals surface area contributed by atoms with Gasteiger partial charge in [0.2, 0.25) is 0 Å². The summed E-state index contributed by atoms with van der Waals surface area (Å²) in [5.41, 5.74) is 1.67. The number of hydrogen-bond donors (Lipinski definition) is 3. The second-order valence-electron chi connectivity index (χ2n) is 5.73. The fraction of sp³-hybridized carbons (Fsp3) is 0.111. The molecule has 0 saturated carbocycles. The molecule has 3 rings (SSSR count). The number of H-pyrrole nitrogens is 1. The molecule has 0 fully saturated rings. The average Bonchev–Trinajstić information content (AvgIpc) is 3.04. The first-order valence-corrected chi connectivity index (χ1v) is 7.79. The lowest BCUT2D eigenvalue weighted by Crippen LogP contribution is -2.42. The third kappa shape index (κ3) is 3.54. The molecular formula is C18H15N3O5. The predicted octanol–water partition coefficient (Wildman–Crippen LogP) is 2.50. The van der Waals surface area contributed by atoms with Gasteiger partial charge in [-0.3, -0.25) is 14.9 Å². The number of nitrogens with one attached hydrogen (secondary N) is 2. The number of para-hydroxylation sites is 1. The van der Waals surface area contributed by atoms with E-state index in [4.69, 9.17) is 0 Å². The molecule has 132 valence electrons. The Bertz CT molecular complexity index is 978. The van der Waals surface area contributed by atoms with Gasteiger partial charge >= 0.3 is 5.97 Å². The van der Waals surface area contributed by atoms with E-state index in [1.165, 1.54) is 24.3 Å². The minimum atomic E-state index is -1.16. The molecular weight excluding hydrogens is 338 g/mol. The zero-order chi connectivity index (χ0) is 18.7. The maximum atomic E-state index is 12.3. The number of carboxylic acid groups (broad SMARTS) is 1. The largest absolute Gasteiger partial charge is 0.480 e. The maximum Gasteiger partial charge on any atom is 0.326 e. The van der Waals surface area contributed by atoms with Crippen LogP contribution in [0.5, 0.6) is 0 Å². The summed E-state index contributed by atoms with van der Waals surface area (Å²) in [6, 6.07) is 11.3. The molecule has 2 aromatic carbocycles. The van der Waals surface area contributed by atoms with Crippen LogP contribution < -0.4 is 5.32 Å². The van der Waals surface area contributed by atoms with Crippen molar-refractivity contribution in [3.8, 4) is 0 Å². The first-order valence-electron chi connectivity index (χ1n) is 7.79. The monoisotopic (exact) mass is 353 g/mol. The lowest BCUT2D eigenvalue weighted by atomic mass is 10.0. The Labute approximate surface area is 147 Å². The van der Waals surface area contributed by atoms with Crippen LogP contribution in [-0.2, 0) is 11.2 Å². The standard InChI is InChI=1S/C18H15N3O5/c22-17(11-5-7-13(8-6-11)21(25)26)20-16(18(23)24)9-12-10-19-15-4-2-1-3-14(12)15/h1-8,10,16,19H,9H2,(H,20,22)(H,23,24)/t16-/m1/s1. The van der Waals surface area contributed by atoms with Crippen LogP contribution in [0, 0.1) is 10.1 Å². The number of fused-ring (bicyclic) bond motifs is 1. The lowest BCUT2D eigenvalue weighted by molar-refractivity contribution is -0.384. The Balaban J connectivity index is 1.77. The summed E-state index contributed by atoms with van der Waals surface area (Å²) in [7, 11) is 0. The van der Waals surface area contributed by atoms with Gasteiger partial charge < -0.3 is 15.4 Å². The Hall–Kier alpha value is -3.68. The summed E-state index contributed by atoms with van der Waals surface area (Å²) >= 11 is 0. The minimum absolute atomic E-state index is 0.109. The van der Waals surface area contributed by atoms with E-state index in [0.29, 0.717) is 0 Å². The number of nitro groups is 1. The van der Waals surface area contributed by atoms with Crippen molar-refractivity contribution >= 4 is 28.5 Å². The highest BCUT2D eigenvalue weighted by Gasteiger charge is 2.22. The highest BCUT2D eigenvalue weighted by Crippen LogP contribution is 2.19. The molecule has 26 heavy (non-hydrogen) atoms. The Kier molecular flexibility index (Phi) is 4.66. The molecule has 1 amide bonds. The van der Waals surface area contributed by atoms with Crippen LogP contribution >= 0.6 is 0 Å². The summed E-state index contributed by atoms with van der Waals surface area (Å²) in [5.74, 6) is -1.77. The van der Waals surface area contributed by atoms with Crippen molar-refractivity contribution in [2.24, 2.45) is 0 Å². The average molecular weight is 353 g/mol. The number of carbonyl (C=O) groups excluding carboxylic acids is 1. The predicted molar refractivity (Wildman–Crippen MR) is 94.0 cm³/mol. The number of carboxylic acids is 1. The van der Waals surface area contributed by atoms with Crippen molar-refractivity contribution in [1.82, 2.24) is 10.3 Å². The molecule has 0 aliphatic carbocycles. The molecule has 1 atom stereocenters. The number of hydrogen-bond acceptors (Lipinski definition) is 4. The van der Waals surface area contributed by atoms with Gasteiger partial charge in [0.1, 0.15) is 6.04 Å². The number of nitro benzene ring substituents is 1. The Morgan fingerprint density at radius 3 is 2.50 bits per heavy atom. The van der Waals surface area contributed by atoms with Crippen molar-refractivity contribution in [3.05, 3.63) is 76.0 Å². The van der Waals surface area contributed by atoms with E-state index < -0.39 is 22.8 Å². The molecule has 1 aromatic heterocycles. The third-order valence-corrected chi connectivity index (χ3v) is 4.04. The van der Waals surface area contributed by atoms with Crippen LogP contribution in [0.2, 0.25) is 0 Å². The zero-order valence-electron chi connectivity index (χ0n) is 13.5. The second kappa shape index (κ2) is 7.06. The van der Waals surface area contributed by atoms with Crippen molar-refractivity contribution in [2.45, 2.75) is 12.5 Å². The van der Waals surface area contributed by atoms with Crippen LogP contribution in [0.3, 0.4) is 0 Å². The molecule has 0 unspecified atom stereocenters. The van der Waals surface area contributed by atoms with Crippen molar-refractivity contribution in [3.63, 3.8) is 0 Å².